The quantitative estimate of drug-likeness (QED) is 0.704. The maximum absolute atomic E-state index is 11.6. The largest absolute Gasteiger partial charge is 0.324 e. The number of amides is 1. The first kappa shape index (κ1) is 13.1. The normalized spacial score (nSPS) is 22.8. The minimum atomic E-state index is -3.20. The number of thioether (sulfide) groups is 1. The van der Waals surface area contributed by atoms with E-state index in [9.17, 15) is 13.2 Å². The topological polar surface area (TPSA) is 54.5 Å². The second-order valence-electron chi connectivity index (χ2n) is 3.39. The van der Waals surface area contributed by atoms with Crippen molar-refractivity contribution in [3.63, 3.8) is 0 Å². The lowest BCUT2D eigenvalue weighted by atomic mass is 10.4. The lowest BCUT2D eigenvalue weighted by Gasteiger charge is -2.33. The predicted molar refractivity (Wildman–Crippen MR) is 63.0 cm³/mol. The van der Waals surface area contributed by atoms with Gasteiger partial charge in [0.05, 0.1) is 0 Å². The SMILES string of the molecule is CS(=O)(=O)C1CSCCN1C(=O)CCCl. The Bertz CT molecular complexity index is 331. The molecule has 1 amide bonds. The highest BCUT2D eigenvalue weighted by Gasteiger charge is 2.33. The molecule has 0 aliphatic carbocycles. The Labute approximate surface area is 99.3 Å². The molecule has 0 bridgehead atoms. The molecular weight excluding hydrogens is 258 g/mol. The molecule has 15 heavy (non-hydrogen) atoms. The molecule has 1 aliphatic rings. The fourth-order valence-corrected chi connectivity index (χ4v) is 4.44. The van der Waals surface area contributed by atoms with Crippen LogP contribution < -0.4 is 0 Å². The summed E-state index contributed by atoms with van der Waals surface area (Å²) in [5, 5.41) is -0.674. The highest BCUT2D eigenvalue weighted by atomic mass is 35.5. The van der Waals surface area contributed by atoms with Crippen LogP contribution in [0.25, 0.3) is 0 Å². The fourth-order valence-electron chi connectivity index (χ4n) is 1.45. The lowest BCUT2D eigenvalue weighted by Crippen LogP contribution is -2.49. The first-order chi connectivity index (χ1) is 6.96. The van der Waals surface area contributed by atoms with Crippen LogP contribution in [0.15, 0.2) is 0 Å². The maximum atomic E-state index is 11.6. The van der Waals surface area contributed by atoms with E-state index in [4.69, 9.17) is 11.6 Å². The van der Waals surface area contributed by atoms with E-state index in [1.165, 1.54) is 11.2 Å². The van der Waals surface area contributed by atoms with Gasteiger partial charge in [-0.2, -0.15) is 11.8 Å². The summed E-state index contributed by atoms with van der Waals surface area (Å²) in [6, 6.07) is 0. The van der Waals surface area contributed by atoms with Crippen LogP contribution in [-0.4, -0.2) is 54.8 Å². The van der Waals surface area contributed by atoms with Gasteiger partial charge in [-0.15, -0.1) is 11.6 Å². The Morgan fingerprint density at radius 3 is 2.80 bits per heavy atom. The summed E-state index contributed by atoms with van der Waals surface area (Å²) in [6.45, 7) is 0.498. The molecule has 1 saturated heterocycles. The molecule has 1 unspecified atom stereocenters. The lowest BCUT2D eigenvalue weighted by molar-refractivity contribution is -0.131. The summed E-state index contributed by atoms with van der Waals surface area (Å²) in [4.78, 5) is 13.1. The summed E-state index contributed by atoms with van der Waals surface area (Å²) in [6.07, 6.45) is 1.38. The Balaban J connectivity index is 2.79. The van der Waals surface area contributed by atoms with E-state index in [2.05, 4.69) is 0 Å². The summed E-state index contributed by atoms with van der Waals surface area (Å²) in [5.74, 6) is 1.33. The average molecular weight is 272 g/mol. The summed E-state index contributed by atoms with van der Waals surface area (Å²) in [5.41, 5.74) is 0. The van der Waals surface area contributed by atoms with Crippen molar-refractivity contribution < 1.29 is 13.2 Å². The Hall–Kier alpha value is 0.0600. The third-order valence-electron chi connectivity index (χ3n) is 2.21. The van der Waals surface area contributed by atoms with Gasteiger partial charge in [0, 0.05) is 36.6 Å². The van der Waals surface area contributed by atoms with Crippen LogP contribution >= 0.6 is 23.4 Å². The van der Waals surface area contributed by atoms with Crippen molar-refractivity contribution in [2.24, 2.45) is 0 Å². The van der Waals surface area contributed by atoms with E-state index < -0.39 is 15.2 Å². The van der Waals surface area contributed by atoms with Crippen LogP contribution in [0.5, 0.6) is 0 Å². The maximum Gasteiger partial charge on any atom is 0.224 e. The number of sulfone groups is 1. The summed E-state index contributed by atoms with van der Waals surface area (Å²) < 4.78 is 22.9. The molecular formula is C8H14ClNO3S2. The zero-order valence-corrected chi connectivity index (χ0v) is 10.9. The second kappa shape index (κ2) is 5.41. The van der Waals surface area contributed by atoms with Gasteiger partial charge in [-0.3, -0.25) is 4.79 Å². The van der Waals surface area contributed by atoms with Gasteiger partial charge in [0.15, 0.2) is 9.84 Å². The average Bonchev–Trinajstić information content (AvgIpc) is 2.17. The van der Waals surface area contributed by atoms with Crippen LogP contribution in [-0.2, 0) is 14.6 Å². The van der Waals surface area contributed by atoms with Gasteiger partial charge in [-0.05, 0) is 0 Å². The minimum absolute atomic E-state index is 0.166. The van der Waals surface area contributed by atoms with Gasteiger partial charge < -0.3 is 4.90 Å². The molecule has 4 nitrogen and oxygen atoms in total. The van der Waals surface area contributed by atoms with Crippen molar-refractivity contribution in [1.82, 2.24) is 4.90 Å². The molecule has 0 radical (unpaired) electrons. The van der Waals surface area contributed by atoms with E-state index in [1.807, 2.05) is 0 Å². The highest BCUT2D eigenvalue weighted by Crippen LogP contribution is 2.21. The van der Waals surface area contributed by atoms with E-state index in [1.54, 1.807) is 11.8 Å². The number of nitrogens with zero attached hydrogens (tertiary/aromatic N) is 1. The number of hydrogen-bond acceptors (Lipinski definition) is 4. The van der Waals surface area contributed by atoms with Crippen LogP contribution in [0.2, 0.25) is 0 Å². The van der Waals surface area contributed by atoms with E-state index in [0.717, 1.165) is 5.75 Å². The summed E-state index contributed by atoms with van der Waals surface area (Å²) >= 11 is 7.04. The molecule has 1 heterocycles. The van der Waals surface area contributed by atoms with Crippen molar-refractivity contribution in [2.75, 3.05) is 30.2 Å². The van der Waals surface area contributed by atoms with Crippen molar-refractivity contribution in [3.05, 3.63) is 0 Å². The van der Waals surface area contributed by atoms with Crippen LogP contribution in [0.4, 0.5) is 0 Å². The number of hydrogen-bond donors (Lipinski definition) is 0. The van der Waals surface area contributed by atoms with Crippen molar-refractivity contribution in [1.29, 1.82) is 0 Å². The zero-order valence-electron chi connectivity index (χ0n) is 8.48. The second-order valence-corrected chi connectivity index (χ2v) is 7.12. The van der Waals surface area contributed by atoms with Gasteiger partial charge in [-0.25, -0.2) is 8.42 Å². The molecule has 0 spiro atoms. The molecule has 1 fully saturated rings. The Morgan fingerprint density at radius 2 is 2.27 bits per heavy atom. The van der Waals surface area contributed by atoms with Gasteiger partial charge in [0.2, 0.25) is 5.91 Å². The van der Waals surface area contributed by atoms with Gasteiger partial charge in [0.25, 0.3) is 0 Å². The number of carbonyl (C=O) groups is 1. The molecule has 0 aromatic heterocycles. The van der Waals surface area contributed by atoms with Crippen molar-refractivity contribution in [2.45, 2.75) is 11.8 Å². The molecule has 1 aliphatic heterocycles. The monoisotopic (exact) mass is 271 g/mol. The third kappa shape index (κ3) is 3.53. The molecule has 0 saturated carbocycles. The number of carbonyl (C=O) groups excluding carboxylic acids is 1. The van der Waals surface area contributed by atoms with Gasteiger partial charge in [0.1, 0.15) is 5.37 Å². The zero-order chi connectivity index (χ0) is 11.5. The molecule has 0 N–H and O–H groups in total. The standard InChI is InChI=1S/C8H14ClNO3S2/c1-15(12,13)8-6-14-5-4-10(8)7(11)2-3-9/h8H,2-6H2,1H3. The van der Waals surface area contributed by atoms with E-state index in [0.29, 0.717) is 12.3 Å². The Kier molecular flexibility index (Phi) is 4.73. The Morgan fingerprint density at radius 1 is 1.60 bits per heavy atom. The van der Waals surface area contributed by atoms with E-state index >= 15 is 0 Å². The third-order valence-corrected chi connectivity index (χ3v) is 5.04. The fraction of sp³-hybridized carbons (Fsp3) is 0.875. The first-order valence-electron chi connectivity index (χ1n) is 4.59. The minimum Gasteiger partial charge on any atom is -0.324 e. The van der Waals surface area contributed by atoms with Crippen LogP contribution in [0.3, 0.4) is 0 Å². The number of rotatable bonds is 3. The molecule has 88 valence electrons. The molecule has 0 aromatic rings. The van der Waals surface area contributed by atoms with Gasteiger partial charge >= 0.3 is 0 Å². The number of alkyl halides is 1. The van der Waals surface area contributed by atoms with E-state index in [-0.39, 0.29) is 18.2 Å². The first-order valence-corrected chi connectivity index (χ1v) is 8.23. The molecule has 1 atom stereocenters. The number of halogens is 1. The molecule has 0 aromatic carbocycles. The van der Waals surface area contributed by atoms with Crippen molar-refractivity contribution >= 4 is 39.1 Å². The smallest absolute Gasteiger partial charge is 0.224 e. The predicted octanol–water partition coefficient (Wildman–Crippen LogP) is 0.561. The van der Waals surface area contributed by atoms with Gasteiger partial charge in [-0.1, -0.05) is 0 Å². The summed E-state index contributed by atoms with van der Waals surface area (Å²) in [7, 11) is -3.20. The van der Waals surface area contributed by atoms with Crippen LogP contribution in [0, 0.1) is 0 Å². The van der Waals surface area contributed by atoms with Crippen molar-refractivity contribution in [3.8, 4) is 0 Å². The van der Waals surface area contributed by atoms with Crippen LogP contribution in [0.1, 0.15) is 6.42 Å². The molecule has 1 rings (SSSR count). The molecule has 7 heteroatoms. The highest BCUT2D eigenvalue weighted by molar-refractivity contribution is 8.00.